The molecular formula is C12H12ClNO3. The number of benzene rings is 1. The van der Waals surface area contributed by atoms with Crippen LogP contribution < -0.4 is 5.32 Å². The molecule has 2 N–H and O–H groups in total. The predicted molar refractivity (Wildman–Crippen MR) is 63.1 cm³/mol. The molecule has 0 aromatic heterocycles. The maximum Gasteiger partial charge on any atom is 0.311 e. The monoisotopic (exact) mass is 253 g/mol. The Labute approximate surface area is 104 Å². The van der Waals surface area contributed by atoms with E-state index in [-0.39, 0.29) is 12.5 Å². The lowest BCUT2D eigenvalue weighted by Gasteiger charge is -2.11. The van der Waals surface area contributed by atoms with Gasteiger partial charge in [-0.3, -0.25) is 9.59 Å². The van der Waals surface area contributed by atoms with Gasteiger partial charge in [-0.05, 0) is 31.0 Å². The van der Waals surface area contributed by atoms with E-state index in [1.54, 1.807) is 24.3 Å². The van der Waals surface area contributed by atoms with Crippen LogP contribution in [0.15, 0.2) is 24.3 Å². The second-order valence-electron chi connectivity index (χ2n) is 4.28. The van der Waals surface area contributed by atoms with E-state index < -0.39 is 11.4 Å². The summed E-state index contributed by atoms with van der Waals surface area (Å²) in [5, 5.41) is 12.1. The van der Waals surface area contributed by atoms with Gasteiger partial charge in [0.05, 0.1) is 5.41 Å². The molecule has 1 aromatic carbocycles. The lowest BCUT2D eigenvalue weighted by Crippen LogP contribution is -2.34. The van der Waals surface area contributed by atoms with Crippen LogP contribution in [0.25, 0.3) is 0 Å². The molecule has 5 heteroatoms. The smallest absolute Gasteiger partial charge is 0.311 e. The molecule has 0 bridgehead atoms. The molecule has 1 aliphatic carbocycles. The van der Waals surface area contributed by atoms with Crippen LogP contribution in [-0.4, -0.2) is 23.5 Å². The van der Waals surface area contributed by atoms with Crippen LogP contribution in [0.1, 0.15) is 23.2 Å². The summed E-state index contributed by atoms with van der Waals surface area (Å²) in [4.78, 5) is 22.6. The maximum absolute atomic E-state index is 11.7. The van der Waals surface area contributed by atoms with Crippen LogP contribution in [-0.2, 0) is 4.79 Å². The van der Waals surface area contributed by atoms with E-state index in [2.05, 4.69) is 5.32 Å². The zero-order valence-electron chi connectivity index (χ0n) is 9.07. The minimum absolute atomic E-state index is 0.174. The molecule has 1 saturated carbocycles. The van der Waals surface area contributed by atoms with E-state index in [0.717, 1.165) is 0 Å². The summed E-state index contributed by atoms with van der Waals surface area (Å²) in [6.45, 7) is 0.174. The number of carbonyl (C=O) groups is 2. The molecule has 0 atom stereocenters. The summed E-state index contributed by atoms with van der Waals surface area (Å²) in [7, 11) is 0. The van der Waals surface area contributed by atoms with Gasteiger partial charge >= 0.3 is 5.97 Å². The van der Waals surface area contributed by atoms with Crippen molar-refractivity contribution in [2.75, 3.05) is 6.54 Å². The van der Waals surface area contributed by atoms with Crippen LogP contribution in [0, 0.1) is 5.41 Å². The summed E-state index contributed by atoms with van der Waals surface area (Å²) < 4.78 is 0. The minimum Gasteiger partial charge on any atom is -0.481 e. The molecular weight excluding hydrogens is 242 g/mol. The Kier molecular flexibility index (Phi) is 3.07. The Bertz CT molecular complexity index is 469. The van der Waals surface area contributed by atoms with Gasteiger partial charge in [0.15, 0.2) is 0 Å². The van der Waals surface area contributed by atoms with Gasteiger partial charge in [-0.2, -0.15) is 0 Å². The van der Waals surface area contributed by atoms with Gasteiger partial charge in [-0.25, -0.2) is 0 Å². The highest BCUT2D eigenvalue weighted by atomic mass is 35.5. The Balaban J connectivity index is 1.96. The van der Waals surface area contributed by atoms with Crippen molar-refractivity contribution in [1.82, 2.24) is 5.32 Å². The third kappa shape index (κ3) is 2.58. The number of carbonyl (C=O) groups excluding carboxylic acids is 1. The van der Waals surface area contributed by atoms with Gasteiger partial charge in [0.1, 0.15) is 0 Å². The van der Waals surface area contributed by atoms with Crippen molar-refractivity contribution in [1.29, 1.82) is 0 Å². The summed E-state index contributed by atoms with van der Waals surface area (Å²) in [5.74, 6) is -1.14. The summed E-state index contributed by atoms with van der Waals surface area (Å²) in [6.07, 6.45) is 1.25. The first-order valence-electron chi connectivity index (χ1n) is 5.31. The van der Waals surface area contributed by atoms with Crippen molar-refractivity contribution >= 4 is 23.5 Å². The third-order valence-corrected chi connectivity index (χ3v) is 3.22. The van der Waals surface area contributed by atoms with Crippen molar-refractivity contribution < 1.29 is 14.7 Å². The standard InChI is InChI=1S/C12H12ClNO3/c13-9-3-1-2-8(6-9)10(15)14-7-12(4-5-12)11(16)17/h1-3,6H,4-5,7H2,(H,14,15)(H,16,17). The highest BCUT2D eigenvalue weighted by Gasteiger charge is 2.50. The van der Waals surface area contributed by atoms with Crippen molar-refractivity contribution in [2.45, 2.75) is 12.8 Å². The zero-order chi connectivity index (χ0) is 12.5. The number of nitrogens with one attached hydrogen (secondary N) is 1. The number of rotatable bonds is 4. The fourth-order valence-corrected chi connectivity index (χ4v) is 1.79. The van der Waals surface area contributed by atoms with Crippen molar-refractivity contribution in [3.8, 4) is 0 Å². The third-order valence-electron chi connectivity index (χ3n) is 2.98. The first-order chi connectivity index (χ1) is 8.03. The first-order valence-corrected chi connectivity index (χ1v) is 5.68. The van der Waals surface area contributed by atoms with E-state index in [0.29, 0.717) is 23.4 Å². The fourth-order valence-electron chi connectivity index (χ4n) is 1.60. The molecule has 1 fully saturated rings. The summed E-state index contributed by atoms with van der Waals surface area (Å²) >= 11 is 5.77. The van der Waals surface area contributed by atoms with Gasteiger partial charge in [-0.1, -0.05) is 17.7 Å². The largest absolute Gasteiger partial charge is 0.481 e. The highest BCUT2D eigenvalue weighted by molar-refractivity contribution is 6.30. The molecule has 90 valence electrons. The molecule has 4 nitrogen and oxygen atoms in total. The maximum atomic E-state index is 11.7. The lowest BCUT2D eigenvalue weighted by molar-refractivity contribution is -0.143. The zero-order valence-corrected chi connectivity index (χ0v) is 9.83. The molecule has 0 unspecified atom stereocenters. The Morgan fingerprint density at radius 3 is 2.65 bits per heavy atom. The normalized spacial score (nSPS) is 16.3. The fraction of sp³-hybridized carbons (Fsp3) is 0.333. The molecule has 0 spiro atoms. The molecule has 0 aliphatic heterocycles. The predicted octanol–water partition coefficient (Wildman–Crippen LogP) is 1.93. The van der Waals surface area contributed by atoms with Crippen molar-refractivity contribution in [2.24, 2.45) is 5.41 Å². The molecule has 0 radical (unpaired) electrons. The van der Waals surface area contributed by atoms with Gasteiger partial charge in [-0.15, -0.1) is 0 Å². The second kappa shape index (κ2) is 4.37. The molecule has 1 aromatic rings. The number of hydrogen-bond donors (Lipinski definition) is 2. The van der Waals surface area contributed by atoms with Gasteiger partial charge < -0.3 is 10.4 Å². The van der Waals surface area contributed by atoms with Gasteiger partial charge in [0, 0.05) is 17.1 Å². The first kappa shape index (κ1) is 11.9. The molecule has 0 saturated heterocycles. The van der Waals surface area contributed by atoms with Crippen LogP contribution in [0.4, 0.5) is 0 Å². The average molecular weight is 254 g/mol. The number of carboxylic acid groups (broad SMARTS) is 1. The van der Waals surface area contributed by atoms with E-state index in [1.807, 2.05) is 0 Å². The molecule has 1 aliphatic rings. The van der Waals surface area contributed by atoms with E-state index in [9.17, 15) is 9.59 Å². The van der Waals surface area contributed by atoms with Crippen LogP contribution in [0.3, 0.4) is 0 Å². The molecule has 1 amide bonds. The summed E-state index contributed by atoms with van der Waals surface area (Å²) in [6, 6.07) is 6.55. The molecule has 17 heavy (non-hydrogen) atoms. The van der Waals surface area contributed by atoms with E-state index >= 15 is 0 Å². The number of carboxylic acids is 1. The Morgan fingerprint density at radius 2 is 2.12 bits per heavy atom. The summed E-state index contributed by atoms with van der Waals surface area (Å²) in [5.41, 5.74) is -0.299. The highest BCUT2D eigenvalue weighted by Crippen LogP contribution is 2.45. The lowest BCUT2D eigenvalue weighted by atomic mass is 10.1. The number of amides is 1. The van der Waals surface area contributed by atoms with Gasteiger partial charge in [0.2, 0.25) is 0 Å². The van der Waals surface area contributed by atoms with Crippen LogP contribution in [0.5, 0.6) is 0 Å². The quantitative estimate of drug-likeness (QED) is 0.862. The topological polar surface area (TPSA) is 66.4 Å². The van der Waals surface area contributed by atoms with Crippen LogP contribution >= 0.6 is 11.6 Å². The van der Waals surface area contributed by atoms with Gasteiger partial charge in [0.25, 0.3) is 5.91 Å². The van der Waals surface area contributed by atoms with E-state index in [4.69, 9.17) is 16.7 Å². The number of halogens is 1. The SMILES string of the molecule is O=C(NCC1(C(=O)O)CC1)c1cccc(Cl)c1. The second-order valence-corrected chi connectivity index (χ2v) is 4.71. The van der Waals surface area contributed by atoms with Crippen LogP contribution in [0.2, 0.25) is 5.02 Å². The van der Waals surface area contributed by atoms with Crippen molar-refractivity contribution in [3.05, 3.63) is 34.9 Å². The number of aliphatic carboxylic acids is 1. The Hall–Kier alpha value is -1.55. The Morgan fingerprint density at radius 1 is 1.41 bits per heavy atom. The van der Waals surface area contributed by atoms with Crippen molar-refractivity contribution in [3.63, 3.8) is 0 Å². The number of hydrogen-bond acceptors (Lipinski definition) is 2. The molecule has 2 rings (SSSR count). The molecule has 0 heterocycles. The van der Waals surface area contributed by atoms with E-state index in [1.165, 1.54) is 0 Å². The average Bonchev–Trinajstić information content (AvgIpc) is 3.07. The minimum atomic E-state index is -0.844.